The fourth-order valence-corrected chi connectivity index (χ4v) is 0.507. The smallest absolute Gasteiger partial charge is 0.210 e. The average molecular weight is 142 g/mol. The maximum absolute atomic E-state index is 10.8. The number of hydrogen-bond donors (Lipinski definition) is 0. The third-order valence-corrected chi connectivity index (χ3v) is 1.20. The second kappa shape index (κ2) is 2.73. The fourth-order valence-electron chi connectivity index (χ4n) is 0.507. The van der Waals surface area contributed by atoms with Crippen LogP contribution in [0.2, 0.25) is 0 Å². The molecule has 3 nitrogen and oxygen atoms in total. The first-order valence-electron chi connectivity index (χ1n) is 2.93. The minimum Gasteiger partial charge on any atom is -0.302 e. The van der Waals surface area contributed by atoms with E-state index in [4.69, 9.17) is 0 Å². The normalized spacial score (nSPS) is 10.7. The van der Waals surface area contributed by atoms with Crippen LogP contribution in [0.25, 0.3) is 0 Å². The minimum absolute atomic E-state index is 0.483. The van der Waals surface area contributed by atoms with E-state index in [0.29, 0.717) is 6.29 Å². The standard InChI is InChI=1S/C7H10O3/c1-5(9)6(10)7(2,3)4-8/h4H,1-3H3. The van der Waals surface area contributed by atoms with Gasteiger partial charge >= 0.3 is 0 Å². The molecule has 3 heteroatoms. The molecule has 0 aromatic heterocycles. The Labute approximate surface area is 59.4 Å². The van der Waals surface area contributed by atoms with Crippen LogP contribution in [0.15, 0.2) is 0 Å². The summed E-state index contributed by atoms with van der Waals surface area (Å²) < 4.78 is 0. The predicted octanol–water partition coefficient (Wildman–Crippen LogP) is 0.370. The second-order valence-electron chi connectivity index (χ2n) is 2.72. The van der Waals surface area contributed by atoms with Crippen LogP contribution in [0.1, 0.15) is 20.8 Å². The second-order valence-corrected chi connectivity index (χ2v) is 2.72. The Hall–Kier alpha value is -0.990. The van der Waals surface area contributed by atoms with Gasteiger partial charge in [-0.25, -0.2) is 0 Å². The molecule has 0 atom stereocenters. The number of rotatable bonds is 3. The number of hydrogen-bond acceptors (Lipinski definition) is 3. The van der Waals surface area contributed by atoms with Crippen molar-refractivity contribution >= 4 is 17.9 Å². The topological polar surface area (TPSA) is 51.2 Å². The van der Waals surface area contributed by atoms with Crippen molar-refractivity contribution in [2.75, 3.05) is 0 Å². The van der Waals surface area contributed by atoms with Gasteiger partial charge < -0.3 is 4.79 Å². The van der Waals surface area contributed by atoms with Gasteiger partial charge in [-0.05, 0) is 13.8 Å². The molecule has 0 aliphatic heterocycles. The molecular formula is C7H10O3. The van der Waals surface area contributed by atoms with E-state index in [1.165, 1.54) is 13.8 Å². The van der Waals surface area contributed by atoms with Gasteiger partial charge in [-0.15, -0.1) is 0 Å². The molecule has 0 aliphatic rings. The molecule has 0 heterocycles. The molecule has 0 radical (unpaired) electrons. The van der Waals surface area contributed by atoms with Gasteiger partial charge in [-0.1, -0.05) is 0 Å². The van der Waals surface area contributed by atoms with Crippen molar-refractivity contribution in [1.29, 1.82) is 0 Å². The lowest BCUT2D eigenvalue weighted by Crippen LogP contribution is -2.30. The molecule has 0 aliphatic carbocycles. The number of carbonyl (C=O) groups is 3. The first-order chi connectivity index (χ1) is 4.41. The van der Waals surface area contributed by atoms with Gasteiger partial charge in [0.15, 0.2) is 5.78 Å². The molecule has 0 bridgehead atoms. The van der Waals surface area contributed by atoms with Crippen molar-refractivity contribution in [3.8, 4) is 0 Å². The summed E-state index contributed by atoms with van der Waals surface area (Å²) in [7, 11) is 0. The summed E-state index contributed by atoms with van der Waals surface area (Å²) in [5.74, 6) is -1.21. The first-order valence-corrected chi connectivity index (χ1v) is 2.93. The zero-order valence-electron chi connectivity index (χ0n) is 6.30. The van der Waals surface area contributed by atoms with E-state index in [2.05, 4.69) is 0 Å². The zero-order chi connectivity index (χ0) is 8.36. The number of aldehydes is 1. The zero-order valence-corrected chi connectivity index (χ0v) is 6.30. The number of Topliss-reactive ketones (excluding diaryl/α,β-unsaturated/α-hetero) is 2. The fraction of sp³-hybridized carbons (Fsp3) is 0.571. The van der Waals surface area contributed by atoms with Crippen molar-refractivity contribution in [2.45, 2.75) is 20.8 Å². The summed E-state index contributed by atoms with van der Waals surface area (Å²) in [6, 6.07) is 0. The molecule has 0 saturated heterocycles. The van der Waals surface area contributed by atoms with Crippen LogP contribution in [0.3, 0.4) is 0 Å². The van der Waals surface area contributed by atoms with E-state index in [9.17, 15) is 14.4 Å². The lowest BCUT2D eigenvalue weighted by molar-refractivity contribution is -0.142. The highest BCUT2D eigenvalue weighted by Gasteiger charge is 2.29. The molecular weight excluding hydrogens is 132 g/mol. The first kappa shape index (κ1) is 9.01. The number of ketones is 2. The molecule has 10 heavy (non-hydrogen) atoms. The maximum atomic E-state index is 10.8. The highest BCUT2D eigenvalue weighted by Crippen LogP contribution is 2.12. The maximum Gasteiger partial charge on any atom is 0.210 e. The van der Waals surface area contributed by atoms with E-state index >= 15 is 0 Å². The Bertz CT molecular complexity index is 179. The molecule has 0 rings (SSSR count). The molecule has 56 valence electrons. The Kier molecular flexibility index (Phi) is 2.46. The molecule has 0 N–H and O–H groups in total. The monoisotopic (exact) mass is 142 g/mol. The van der Waals surface area contributed by atoms with Crippen LogP contribution >= 0.6 is 0 Å². The minimum atomic E-state index is -1.15. The molecule has 0 saturated carbocycles. The summed E-state index contributed by atoms with van der Waals surface area (Å²) in [5.41, 5.74) is -1.15. The van der Waals surface area contributed by atoms with Crippen molar-refractivity contribution in [3.63, 3.8) is 0 Å². The van der Waals surface area contributed by atoms with E-state index in [0.717, 1.165) is 6.92 Å². The van der Waals surface area contributed by atoms with Crippen molar-refractivity contribution in [3.05, 3.63) is 0 Å². The van der Waals surface area contributed by atoms with Crippen LogP contribution in [0.4, 0.5) is 0 Å². The van der Waals surface area contributed by atoms with Gasteiger partial charge in [0.25, 0.3) is 0 Å². The lowest BCUT2D eigenvalue weighted by atomic mass is 9.88. The highest BCUT2D eigenvalue weighted by molar-refractivity contribution is 6.40. The van der Waals surface area contributed by atoms with Crippen molar-refractivity contribution < 1.29 is 14.4 Å². The third-order valence-electron chi connectivity index (χ3n) is 1.20. The molecule has 0 amide bonds. The summed E-state index contributed by atoms with van der Waals surface area (Å²) in [6.07, 6.45) is 0.483. The SMILES string of the molecule is CC(=O)C(=O)C(C)(C)C=O. The van der Waals surface area contributed by atoms with Gasteiger partial charge in [0.1, 0.15) is 6.29 Å². The Morgan fingerprint density at radius 2 is 1.70 bits per heavy atom. The van der Waals surface area contributed by atoms with Crippen LogP contribution in [-0.2, 0) is 14.4 Å². The largest absolute Gasteiger partial charge is 0.302 e. The number of carbonyl (C=O) groups excluding carboxylic acids is 3. The summed E-state index contributed by atoms with van der Waals surface area (Å²) in [6.45, 7) is 4.00. The van der Waals surface area contributed by atoms with Gasteiger partial charge in [-0.3, -0.25) is 9.59 Å². The van der Waals surface area contributed by atoms with Crippen LogP contribution in [-0.4, -0.2) is 17.9 Å². The summed E-state index contributed by atoms with van der Waals surface area (Å²) >= 11 is 0. The van der Waals surface area contributed by atoms with Crippen molar-refractivity contribution in [1.82, 2.24) is 0 Å². The average Bonchev–Trinajstić information content (AvgIpc) is 1.86. The van der Waals surface area contributed by atoms with Gasteiger partial charge in [-0.2, -0.15) is 0 Å². The molecule has 0 fully saturated rings. The quantitative estimate of drug-likeness (QED) is 0.325. The lowest BCUT2D eigenvalue weighted by Gasteiger charge is -2.11. The van der Waals surface area contributed by atoms with E-state index in [-0.39, 0.29) is 0 Å². The molecule has 0 unspecified atom stereocenters. The van der Waals surface area contributed by atoms with Gasteiger partial charge in [0.2, 0.25) is 5.78 Å². The molecule has 0 spiro atoms. The van der Waals surface area contributed by atoms with Crippen LogP contribution in [0, 0.1) is 5.41 Å². The van der Waals surface area contributed by atoms with E-state index in [1.807, 2.05) is 0 Å². The summed E-state index contributed by atoms with van der Waals surface area (Å²) in [5, 5.41) is 0. The van der Waals surface area contributed by atoms with E-state index < -0.39 is 17.0 Å². The van der Waals surface area contributed by atoms with Gasteiger partial charge in [0, 0.05) is 6.92 Å². The van der Waals surface area contributed by atoms with Crippen molar-refractivity contribution in [2.24, 2.45) is 5.41 Å². The van der Waals surface area contributed by atoms with Crippen LogP contribution < -0.4 is 0 Å². The molecule has 0 aromatic rings. The Morgan fingerprint density at radius 3 is 1.80 bits per heavy atom. The van der Waals surface area contributed by atoms with Gasteiger partial charge in [0.05, 0.1) is 5.41 Å². The third kappa shape index (κ3) is 1.76. The van der Waals surface area contributed by atoms with E-state index in [1.54, 1.807) is 0 Å². The Balaban J connectivity index is 4.49. The highest BCUT2D eigenvalue weighted by atomic mass is 16.2. The predicted molar refractivity (Wildman–Crippen MR) is 35.5 cm³/mol. The summed E-state index contributed by atoms with van der Waals surface area (Å²) in [4.78, 5) is 31.5. The van der Waals surface area contributed by atoms with Crippen LogP contribution in [0.5, 0.6) is 0 Å². The Morgan fingerprint density at radius 1 is 1.30 bits per heavy atom. The molecule has 0 aromatic carbocycles.